The summed E-state index contributed by atoms with van der Waals surface area (Å²) in [5.41, 5.74) is 5.08. The van der Waals surface area contributed by atoms with Crippen LogP contribution in [0.25, 0.3) is 0 Å². The summed E-state index contributed by atoms with van der Waals surface area (Å²) in [6.07, 6.45) is 1.07. The van der Waals surface area contributed by atoms with E-state index in [4.69, 9.17) is 7.85 Å². The van der Waals surface area contributed by atoms with E-state index >= 15 is 0 Å². The minimum Gasteiger partial charge on any atom is -0.0961 e. The molecule has 0 aliphatic carbocycles. The molecule has 0 bridgehead atoms. The highest BCUT2D eigenvalue weighted by Gasteiger charge is 2.08. The van der Waals surface area contributed by atoms with E-state index in [1.165, 1.54) is 16.7 Å². The van der Waals surface area contributed by atoms with Crippen molar-refractivity contribution >= 4 is 13.3 Å². The second-order valence-corrected chi connectivity index (χ2v) is 3.92. The smallest absolute Gasteiger partial charge is 0.0961 e. The molecule has 0 aliphatic rings. The van der Waals surface area contributed by atoms with Crippen molar-refractivity contribution in [3.8, 4) is 0 Å². The van der Waals surface area contributed by atoms with Crippen molar-refractivity contribution in [1.82, 2.24) is 0 Å². The van der Waals surface area contributed by atoms with Crippen LogP contribution in [0.4, 0.5) is 0 Å². The Balaban J connectivity index is 3.30. The molecule has 0 nitrogen and oxygen atoms in total. The van der Waals surface area contributed by atoms with Gasteiger partial charge < -0.3 is 0 Å². The van der Waals surface area contributed by atoms with Crippen LogP contribution in [0.1, 0.15) is 43.4 Å². The van der Waals surface area contributed by atoms with Crippen molar-refractivity contribution in [3.63, 3.8) is 0 Å². The average molecular weight is 172 g/mol. The van der Waals surface area contributed by atoms with Crippen LogP contribution in [0.5, 0.6) is 0 Å². The van der Waals surface area contributed by atoms with E-state index in [2.05, 4.69) is 39.8 Å². The molecule has 0 heterocycles. The summed E-state index contributed by atoms with van der Waals surface area (Å²) in [6, 6.07) is 4.16. The lowest BCUT2D eigenvalue weighted by Gasteiger charge is -2.16. The third kappa shape index (κ3) is 2.15. The van der Waals surface area contributed by atoms with Gasteiger partial charge in [0.05, 0.1) is 0 Å². The van der Waals surface area contributed by atoms with E-state index in [1.54, 1.807) is 0 Å². The SMILES string of the molecule is [B]c1cc(C)c(C(C)C)c(CC)c1. The van der Waals surface area contributed by atoms with Gasteiger partial charge in [-0.05, 0) is 36.0 Å². The summed E-state index contributed by atoms with van der Waals surface area (Å²) in [6.45, 7) is 8.79. The molecule has 68 valence electrons. The Morgan fingerprint density at radius 2 is 1.92 bits per heavy atom. The van der Waals surface area contributed by atoms with Crippen molar-refractivity contribution < 1.29 is 0 Å². The summed E-state index contributed by atoms with van der Waals surface area (Å²) in [5.74, 6) is 0.593. The Kier molecular flexibility index (Phi) is 3.19. The predicted molar refractivity (Wildman–Crippen MR) is 60.0 cm³/mol. The van der Waals surface area contributed by atoms with Crippen LogP contribution in [0.15, 0.2) is 12.1 Å². The Hall–Kier alpha value is -0.715. The van der Waals surface area contributed by atoms with E-state index < -0.39 is 0 Å². The van der Waals surface area contributed by atoms with Crippen LogP contribution in [-0.4, -0.2) is 7.85 Å². The van der Waals surface area contributed by atoms with E-state index in [0.29, 0.717) is 5.92 Å². The normalized spacial score (nSPS) is 10.8. The van der Waals surface area contributed by atoms with Crippen LogP contribution in [0.3, 0.4) is 0 Å². The summed E-state index contributed by atoms with van der Waals surface area (Å²) in [4.78, 5) is 0. The molecule has 1 aromatic carbocycles. The van der Waals surface area contributed by atoms with Crippen LogP contribution in [-0.2, 0) is 6.42 Å². The van der Waals surface area contributed by atoms with Crippen LogP contribution in [0, 0.1) is 6.92 Å². The molecule has 13 heavy (non-hydrogen) atoms. The van der Waals surface area contributed by atoms with Crippen LogP contribution < -0.4 is 5.46 Å². The summed E-state index contributed by atoms with van der Waals surface area (Å²) < 4.78 is 0. The Morgan fingerprint density at radius 3 is 2.38 bits per heavy atom. The maximum Gasteiger partial charge on any atom is 0.113 e. The fourth-order valence-corrected chi connectivity index (χ4v) is 2.02. The molecule has 1 rings (SSSR count). The topological polar surface area (TPSA) is 0 Å². The zero-order valence-corrected chi connectivity index (χ0v) is 9.02. The molecule has 0 atom stereocenters. The average Bonchev–Trinajstić information content (AvgIpc) is 2.01. The Bertz CT molecular complexity index is 300. The van der Waals surface area contributed by atoms with E-state index in [9.17, 15) is 0 Å². The molecule has 1 aromatic rings. The highest BCUT2D eigenvalue weighted by molar-refractivity contribution is 6.32. The van der Waals surface area contributed by atoms with Gasteiger partial charge in [-0.3, -0.25) is 0 Å². The fraction of sp³-hybridized carbons (Fsp3) is 0.500. The molecular weight excluding hydrogens is 155 g/mol. The third-order valence-electron chi connectivity index (χ3n) is 2.45. The molecule has 0 aromatic heterocycles. The number of aryl methyl sites for hydroxylation is 2. The quantitative estimate of drug-likeness (QED) is 0.601. The zero-order valence-electron chi connectivity index (χ0n) is 9.02. The second-order valence-electron chi connectivity index (χ2n) is 3.92. The lowest BCUT2D eigenvalue weighted by atomic mass is 9.84. The number of benzene rings is 1. The highest BCUT2D eigenvalue weighted by atomic mass is 14.1. The van der Waals surface area contributed by atoms with Crippen molar-refractivity contribution in [3.05, 3.63) is 28.8 Å². The van der Waals surface area contributed by atoms with E-state index in [1.807, 2.05) is 0 Å². The molecule has 0 saturated carbocycles. The number of hydrogen-bond acceptors (Lipinski definition) is 0. The minimum atomic E-state index is 0.593. The molecule has 0 spiro atoms. The van der Waals surface area contributed by atoms with Crippen LogP contribution in [0.2, 0.25) is 0 Å². The largest absolute Gasteiger partial charge is 0.113 e. The fourth-order valence-electron chi connectivity index (χ4n) is 2.02. The lowest BCUT2D eigenvalue weighted by Crippen LogP contribution is -2.09. The molecular formula is C12H17B. The first kappa shape index (κ1) is 10.4. The standard InChI is InChI=1S/C12H17B/c1-5-10-7-11(13)6-9(4)12(10)8(2)3/h6-8H,5H2,1-4H3. The molecule has 0 fully saturated rings. The predicted octanol–water partition coefficient (Wildman–Crippen LogP) is 2.47. The van der Waals surface area contributed by atoms with Gasteiger partial charge in [0.2, 0.25) is 0 Å². The first-order valence-electron chi connectivity index (χ1n) is 4.95. The lowest BCUT2D eigenvalue weighted by molar-refractivity contribution is 0.835. The highest BCUT2D eigenvalue weighted by Crippen LogP contribution is 2.22. The first-order valence-corrected chi connectivity index (χ1v) is 4.95. The van der Waals surface area contributed by atoms with Gasteiger partial charge in [0.1, 0.15) is 7.85 Å². The monoisotopic (exact) mass is 172 g/mol. The van der Waals surface area contributed by atoms with Crippen molar-refractivity contribution in [1.29, 1.82) is 0 Å². The van der Waals surface area contributed by atoms with Gasteiger partial charge in [-0.2, -0.15) is 0 Å². The third-order valence-corrected chi connectivity index (χ3v) is 2.45. The van der Waals surface area contributed by atoms with E-state index in [-0.39, 0.29) is 0 Å². The van der Waals surface area contributed by atoms with Gasteiger partial charge in [-0.25, -0.2) is 0 Å². The van der Waals surface area contributed by atoms with Crippen molar-refractivity contribution in [2.75, 3.05) is 0 Å². The maximum absolute atomic E-state index is 5.80. The molecule has 0 N–H and O–H groups in total. The van der Waals surface area contributed by atoms with E-state index in [0.717, 1.165) is 11.9 Å². The zero-order chi connectivity index (χ0) is 10.0. The molecule has 0 amide bonds. The Labute approximate surface area is 82.8 Å². The van der Waals surface area contributed by atoms with Gasteiger partial charge in [-0.15, -0.1) is 0 Å². The van der Waals surface area contributed by atoms with Gasteiger partial charge in [-0.1, -0.05) is 38.4 Å². The molecule has 0 aliphatic heterocycles. The summed E-state index contributed by atoms with van der Waals surface area (Å²) in [5, 5.41) is 0. The second kappa shape index (κ2) is 4.00. The molecule has 0 unspecified atom stereocenters. The molecule has 1 heteroatoms. The maximum atomic E-state index is 5.80. The summed E-state index contributed by atoms with van der Waals surface area (Å²) >= 11 is 0. The minimum absolute atomic E-state index is 0.593. The van der Waals surface area contributed by atoms with Crippen molar-refractivity contribution in [2.24, 2.45) is 0 Å². The number of rotatable bonds is 2. The summed E-state index contributed by atoms with van der Waals surface area (Å²) in [7, 11) is 5.80. The molecule has 2 radical (unpaired) electrons. The van der Waals surface area contributed by atoms with Gasteiger partial charge >= 0.3 is 0 Å². The van der Waals surface area contributed by atoms with Crippen LogP contribution >= 0.6 is 0 Å². The van der Waals surface area contributed by atoms with Crippen molar-refractivity contribution in [2.45, 2.75) is 40.0 Å². The van der Waals surface area contributed by atoms with Gasteiger partial charge in [0.15, 0.2) is 0 Å². The molecule has 0 saturated heterocycles. The number of hydrogen-bond donors (Lipinski definition) is 0. The van der Waals surface area contributed by atoms with Gasteiger partial charge in [0, 0.05) is 0 Å². The first-order chi connectivity index (χ1) is 6.06. The Morgan fingerprint density at radius 1 is 1.31 bits per heavy atom. The van der Waals surface area contributed by atoms with Gasteiger partial charge in [0.25, 0.3) is 0 Å².